The monoisotopic (exact) mass is 376 g/mol. The third-order valence-corrected chi connectivity index (χ3v) is 5.24. The fourth-order valence-corrected chi connectivity index (χ4v) is 3.90. The van der Waals surface area contributed by atoms with Crippen molar-refractivity contribution in [3.63, 3.8) is 0 Å². The van der Waals surface area contributed by atoms with E-state index >= 15 is 0 Å². The Hall–Kier alpha value is -2.74. The maximum absolute atomic E-state index is 12.3. The summed E-state index contributed by atoms with van der Waals surface area (Å²) in [6.45, 7) is 0. The van der Waals surface area contributed by atoms with Gasteiger partial charge < -0.3 is 14.6 Å². The predicted octanol–water partition coefficient (Wildman–Crippen LogP) is 2.52. The highest BCUT2D eigenvalue weighted by atomic mass is 32.2. The van der Waals surface area contributed by atoms with E-state index in [9.17, 15) is 13.5 Å². The van der Waals surface area contributed by atoms with Gasteiger partial charge in [-0.1, -0.05) is 18.2 Å². The number of hydrazone groups is 1. The van der Waals surface area contributed by atoms with Crippen molar-refractivity contribution in [2.24, 2.45) is 5.10 Å². The van der Waals surface area contributed by atoms with Gasteiger partial charge >= 0.3 is 0 Å². The van der Waals surface area contributed by atoms with Crippen molar-refractivity contribution in [3.05, 3.63) is 53.6 Å². The van der Waals surface area contributed by atoms with Gasteiger partial charge in [0.25, 0.3) is 0 Å². The molecule has 3 rings (SSSR count). The Morgan fingerprint density at radius 1 is 1.12 bits per heavy atom. The summed E-state index contributed by atoms with van der Waals surface area (Å²) < 4.78 is 36.0. The number of nitrogens with zero attached hydrogens (tertiary/aromatic N) is 2. The van der Waals surface area contributed by atoms with Crippen molar-refractivity contribution in [1.82, 2.24) is 4.41 Å². The molecule has 7 nitrogen and oxygen atoms in total. The molecule has 0 saturated heterocycles. The molecule has 0 amide bonds. The van der Waals surface area contributed by atoms with Gasteiger partial charge in [-0.3, -0.25) is 0 Å². The van der Waals surface area contributed by atoms with E-state index in [2.05, 4.69) is 5.10 Å². The van der Waals surface area contributed by atoms with Gasteiger partial charge in [-0.05, 0) is 29.8 Å². The number of phenolic OH excluding ortho intramolecular Hbond substituents is 1. The number of methoxy groups -OCH3 is 2. The number of ether oxygens (including phenoxy) is 2. The third-order valence-electron chi connectivity index (χ3n) is 4.22. The standard InChI is InChI=1S/C18H20N2O5S/c1-24-13-9-7-12(8-10-13)16-11-15(19-20(16)26(3,22)23)14-5-4-6-17(21)18(14)25-2/h4-10,16,21H,11H2,1-3H3/t16-/m1/s1. The SMILES string of the molecule is COc1ccc([C@H]2CC(c3cccc(O)c3OC)=NN2S(C)(=O)=O)cc1. The Morgan fingerprint density at radius 2 is 1.81 bits per heavy atom. The first-order chi connectivity index (χ1) is 12.3. The number of sulfonamides is 1. The average Bonchev–Trinajstić information content (AvgIpc) is 3.07. The van der Waals surface area contributed by atoms with Gasteiger partial charge in [0.2, 0.25) is 10.0 Å². The molecule has 2 aromatic rings. The number of benzene rings is 2. The summed E-state index contributed by atoms with van der Waals surface area (Å²) in [6.07, 6.45) is 1.48. The van der Waals surface area contributed by atoms with E-state index in [4.69, 9.17) is 9.47 Å². The number of phenols is 1. The highest BCUT2D eigenvalue weighted by Crippen LogP contribution is 2.39. The molecule has 2 aromatic carbocycles. The number of rotatable bonds is 5. The van der Waals surface area contributed by atoms with Crippen molar-refractivity contribution >= 4 is 15.7 Å². The van der Waals surface area contributed by atoms with Gasteiger partial charge in [-0.2, -0.15) is 9.52 Å². The fourth-order valence-electron chi connectivity index (χ4n) is 3.00. The van der Waals surface area contributed by atoms with Crippen molar-refractivity contribution in [3.8, 4) is 17.2 Å². The van der Waals surface area contributed by atoms with E-state index in [-0.39, 0.29) is 11.5 Å². The lowest BCUT2D eigenvalue weighted by atomic mass is 9.98. The minimum absolute atomic E-state index is 0.0218. The smallest absolute Gasteiger partial charge is 0.247 e. The van der Waals surface area contributed by atoms with E-state index in [0.717, 1.165) is 16.2 Å². The molecule has 0 radical (unpaired) electrons. The van der Waals surface area contributed by atoms with Crippen LogP contribution < -0.4 is 9.47 Å². The van der Waals surface area contributed by atoms with Crippen LogP contribution in [0.1, 0.15) is 23.6 Å². The van der Waals surface area contributed by atoms with Crippen LogP contribution in [0.4, 0.5) is 0 Å². The van der Waals surface area contributed by atoms with Gasteiger partial charge in [0, 0.05) is 12.0 Å². The summed E-state index contributed by atoms with van der Waals surface area (Å²) in [5.74, 6) is 0.940. The molecule has 0 fully saturated rings. The Morgan fingerprint density at radius 3 is 2.38 bits per heavy atom. The Balaban J connectivity index is 2.04. The van der Waals surface area contributed by atoms with Crippen LogP contribution in [0.3, 0.4) is 0 Å². The zero-order chi connectivity index (χ0) is 18.9. The van der Waals surface area contributed by atoms with E-state index in [0.29, 0.717) is 23.4 Å². The topological polar surface area (TPSA) is 88.4 Å². The summed E-state index contributed by atoms with van der Waals surface area (Å²) >= 11 is 0. The van der Waals surface area contributed by atoms with Gasteiger partial charge in [-0.15, -0.1) is 0 Å². The predicted molar refractivity (Wildman–Crippen MR) is 98.2 cm³/mol. The second-order valence-corrected chi connectivity index (χ2v) is 7.77. The lowest BCUT2D eigenvalue weighted by Crippen LogP contribution is -2.25. The highest BCUT2D eigenvalue weighted by Gasteiger charge is 2.35. The average molecular weight is 376 g/mol. The second-order valence-electron chi connectivity index (χ2n) is 5.93. The zero-order valence-corrected chi connectivity index (χ0v) is 15.5. The largest absolute Gasteiger partial charge is 0.504 e. The van der Waals surface area contributed by atoms with Gasteiger partial charge in [0.05, 0.1) is 32.2 Å². The summed E-state index contributed by atoms with van der Waals surface area (Å²) in [6, 6.07) is 11.6. The number of hydrogen-bond acceptors (Lipinski definition) is 6. The molecule has 0 aromatic heterocycles. The summed E-state index contributed by atoms with van der Waals surface area (Å²) in [5.41, 5.74) is 1.90. The minimum atomic E-state index is -3.57. The highest BCUT2D eigenvalue weighted by molar-refractivity contribution is 7.88. The van der Waals surface area contributed by atoms with Crippen molar-refractivity contribution < 1.29 is 23.0 Å². The quantitative estimate of drug-likeness (QED) is 0.866. The first-order valence-electron chi connectivity index (χ1n) is 7.92. The molecule has 1 aliphatic heterocycles. The Kier molecular flexibility index (Phi) is 4.78. The molecule has 0 bridgehead atoms. The van der Waals surface area contributed by atoms with Crippen molar-refractivity contribution in [2.75, 3.05) is 20.5 Å². The molecule has 8 heteroatoms. The van der Waals surface area contributed by atoms with E-state index in [1.54, 1.807) is 31.4 Å². The molecule has 0 unspecified atom stereocenters. The Labute approximate surface area is 152 Å². The first kappa shape index (κ1) is 18.1. The van der Waals surface area contributed by atoms with E-state index in [1.165, 1.54) is 13.2 Å². The molecule has 26 heavy (non-hydrogen) atoms. The maximum atomic E-state index is 12.3. The van der Waals surface area contributed by atoms with Crippen LogP contribution in [0.15, 0.2) is 47.6 Å². The number of aromatic hydroxyl groups is 1. The molecular weight excluding hydrogens is 356 g/mol. The van der Waals surface area contributed by atoms with Crippen molar-refractivity contribution in [2.45, 2.75) is 12.5 Å². The number of hydrogen-bond donors (Lipinski definition) is 1. The van der Waals surface area contributed by atoms with E-state index in [1.807, 2.05) is 12.1 Å². The lowest BCUT2D eigenvalue weighted by Gasteiger charge is -2.21. The van der Waals surface area contributed by atoms with Gasteiger partial charge in [0.15, 0.2) is 11.5 Å². The molecule has 0 aliphatic carbocycles. The summed E-state index contributed by atoms with van der Waals surface area (Å²) in [7, 11) is -0.555. The zero-order valence-electron chi connectivity index (χ0n) is 14.7. The minimum Gasteiger partial charge on any atom is -0.504 e. The fraction of sp³-hybridized carbons (Fsp3) is 0.278. The maximum Gasteiger partial charge on any atom is 0.247 e. The van der Waals surface area contributed by atoms with Crippen LogP contribution in [0.5, 0.6) is 17.2 Å². The van der Waals surface area contributed by atoms with Crippen molar-refractivity contribution in [1.29, 1.82) is 0 Å². The second kappa shape index (κ2) is 6.87. The molecule has 0 spiro atoms. The van der Waals surface area contributed by atoms with Crippen LogP contribution in [0.25, 0.3) is 0 Å². The van der Waals surface area contributed by atoms with Gasteiger partial charge in [-0.25, -0.2) is 8.42 Å². The van der Waals surface area contributed by atoms with Crippen LogP contribution in [-0.2, 0) is 10.0 Å². The Bertz CT molecular complexity index is 939. The van der Waals surface area contributed by atoms with Crippen LogP contribution >= 0.6 is 0 Å². The normalized spacial score (nSPS) is 17.1. The third kappa shape index (κ3) is 3.32. The molecule has 1 heterocycles. The summed E-state index contributed by atoms with van der Waals surface area (Å²) in [4.78, 5) is 0. The van der Waals surface area contributed by atoms with Crippen LogP contribution in [0.2, 0.25) is 0 Å². The molecular formula is C18H20N2O5S. The molecule has 0 saturated carbocycles. The molecule has 1 atom stereocenters. The molecule has 138 valence electrons. The van der Waals surface area contributed by atoms with Crippen LogP contribution in [-0.4, -0.2) is 44.1 Å². The lowest BCUT2D eigenvalue weighted by molar-refractivity contribution is 0.372. The molecule has 1 N–H and O–H groups in total. The van der Waals surface area contributed by atoms with E-state index < -0.39 is 16.1 Å². The summed E-state index contributed by atoms with van der Waals surface area (Å²) in [5, 5.41) is 14.3. The van der Waals surface area contributed by atoms with Gasteiger partial charge in [0.1, 0.15) is 5.75 Å². The van der Waals surface area contributed by atoms with Crippen LogP contribution in [0, 0.1) is 0 Å². The number of para-hydroxylation sites is 1. The molecule has 1 aliphatic rings. The first-order valence-corrected chi connectivity index (χ1v) is 9.77.